The number of ether oxygens (including phenoxy) is 2. The summed E-state index contributed by atoms with van der Waals surface area (Å²) in [6.45, 7) is 1.19. The Morgan fingerprint density at radius 1 is 1.09 bits per heavy atom. The average Bonchev–Trinajstić information content (AvgIpc) is 2.84. The molecule has 0 unspecified atom stereocenters. The van der Waals surface area contributed by atoms with Crippen LogP contribution in [-0.2, 0) is 23.9 Å². The second-order valence-corrected chi connectivity index (χ2v) is 7.82. The molecule has 0 aromatic heterocycles. The molecule has 2 fully saturated rings. The lowest BCUT2D eigenvalue weighted by molar-refractivity contribution is -0.150. The largest absolute Gasteiger partial charge is 0.384 e. The number of anilines is 3. The summed E-state index contributed by atoms with van der Waals surface area (Å²) in [6, 6.07) is 13.1. The van der Waals surface area contributed by atoms with Gasteiger partial charge in [-0.15, -0.1) is 0 Å². The van der Waals surface area contributed by atoms with Gasteiger partial charge in [0.15, 0.2) is 12.2 Å². The van der Waals surface area contributed by atoms with Crippen molar-refractivity contribution in [3.05, 3.63) is 54.1 Å². The topological polar surface area (TPSA) is 158 Å². The number of nitrogen functional groups attached to an aromatic ring is 1. The summed E-state index contributed by atoms with van der Waals surface area (Å²) in [4.78, 5) is 40.9. The molecule has 0 spiro atoms. The molecule has 2 aliphatic heterocycles. The summed E-state index contributed by atoms with van der Waals surface area (Å²) in [5, 5.41) is 20.5. The summed E-state index contributed by atoms with van der Waals surface area (Å²) < 4.78 is 10.6. The lowest BCUT2D eigenvalue weighted by Gasteiger charge is -2.35. The maximum absolute atomic E-state index is 13.1. The number of nitrogens with two attached hydrogens (primary N) is 1. The van der Waals surface area contributed by atoms with Gasteiger partial charge in [0.25, 0.3) is 17.7 Å². The molecule has 2 saturated heterocycles. The molecule has 0 saturated carbocycles. The van der Waals surface area contributed by atoms with Crippen molar-refractivity contribution < 1.29 is 29.0 Å². The van der Waals surface area contributed by atoms with Gasteiger partial charge in [-0.05, 0) is 42.5 Å². The third kappa shape index (κ3) is 4.91. The summed E-state index contributed by atoms with van der Waals surface area (Å²) in [6.07, 6.45) is -3.13. The van der Waals surface area contributed by atoms with Gasteiger partial charge in [-0.1, -0.05) is 6.07 Å². The van der Waals surface area contributed by atoms with Crippen LogP contribution in [0.4, 0.5) is 17.1 Å². The smallest absolute Gasteiger partial charge is 0.259 e. The standard InChI is InChI=1S/C23H25N5O6/c24-21(25)14-4-6-15(7-5-14)26-22(31)19(30)20-23(32)28(9-11-34-20)17-3-1-2-16(12-17)27-8-10-33-13-18(27)29/h1-7,12,19-20,30H,8-11,13H2,(H3,24,25)(H,26,31)/t19-,20-/m1/s1. The van der Waals surface area contributed by atoms with E-state index in [1.54, 1.807) is 41.3 Å². The minimum absolute atomic E-state index is 0.00156. The van der Waals surface area contributed by atoms with Crippen LogP contribution in [0.1, 0.15) is 5.56 Å². The van der Waals surface area contributed by atoms with Crippen LogP contribution < -0.4 is 20.9 Å². The van der Waals surface area contributed by atoms with Crippen molar-refractivity contribution in [3.63, 3.8) is 0 Å². The van der Waals surface area contributed by atoms with Crippen molar-refractivity contribution in [3.8, 4) is 0 Å². The molecule has 178 valence electrons. The van der Waals surface area contributed by atoms with Crippen molar-refractivity contribution in [1.82, 2.24) is 0 Å². The van der Waals surface area contributed by atoms with Crippen molar-refractivity contribution in [2.75, 3.05) is 48.0 Å². The monoisotopic (exact) mass is 467 g/mol. The van der Waals surface area contributed by atoms with Gasteiger partial charge in [-0.3, -0.25) is 19.8 Å². The molecule has 5 N–H and O–H groups in total. The van der Waals surface area contributed by atoms with Crippen LogP contribution in [0, 0.1) is 5.41 Å². The van der Waals surface area contributed by atoms with Crippen molar-refractivity contribution >= 4 is 40.6 Å². The zero-order valence-electron chi connectivity index (χ0n) is 18.3. The first-order valence-corrected chi connectivity index (χ1v) is 10.7. The second-order valence-electron chi connectivity index (χ2n) is 7.82. The highest BCUT2D eigenvalue weighted by Crippen LogP contribution is 2.26. The van der Waals surface area contributed by atoms with E-state index < -0.39 is 24.0 Å². The Morgan fingerprint density at radius 3 is 2.44 bits per heavy atom. The quantitative estimate of drug-likeness (QED) is 0.346. The van der Waals surface area contributed by atoms with E-state index in [1.807, 2.05) is 0 Å². The number of nitrogens with one attached hydrogen (secondary N) is 2. The van der Waals surface area contributed by atoms with E-state index in [0.717, 1.165) is 0 Å². The maximum atomic E-state index is 13.1. The minimum atomic E-state index is -1.74. The number of amides is 3. The summed E-state index contributed by atoms with van der Waals surface area (Å²) in [5.74, 6) is -1.64. The summed E-state index contributed by atoms with van der Waals surface area (Å²) in [7, 11) is 0. The van der Waals surface area contributed by atoms with E-state index in [9.17, 15) is 19.5 Å². The molecule has 3 amide bonds. The Morgan fingerprint density at radius 2 is 1.76 bits per heavy atom. The SMILES string of the molecule is N=C(N)c1ccc(NC(=O)[C@H](O)[C@H]2OCCN(c3cccc(N4CCOCC4=O)c3)C2=O)cc1. The number of carbonyl (C=O) groups excluding carboxylic acids is 3. The Balaban J connectivity index is 1.46. The number of carbonyl (C=O) groups is 3. The Bertz CT molecular complexity index is 1110. The molecule has 0 radical (unpaired) electrons. The molecular weight excluding hydrogens is 442 g/mol. The van der Waals surface area contributed by atoms with Gasteiger partial charge in [-0.25, -0.2) is 0 Å². The molecular formula is C23H25N5O6. The molecule has 2 heterocycles. The normalized spacial score (nSPS) is 19.6. The van der Waals surface area contributed by atoms with Gasteiger partial charge in [-0.2, -0.15) is 0 Å². The first-order chi connectivity index (χ1) is 16.3. The van der Waals surface area contributed by atoms with E-state index in [4.69, 9.17) is 20.6 Å². The van der Waals surface area contributed by atoms with Crippen LogP contribution in [0.5, 0.6) is 0 Å². The van der Waals surface area contributed by atoms with Gasteiger partial charge < -0.3 is 35.4 Å². The fourth-order valence-corrected chi connectivity index (χ4v) is 3.80. The number of amidine groups is 1. The Labute approximate surface area is 195 Å². The van der Waals surface area contributed by atoms with Gasteiger partial charge in [0.1, 0.15) is 12.4 Å². The highest BCUT2D eigenvalue weighted by atomic mass is 16.5. The van der Waals surface area contributed by atoms with E-state index in [-0.39, 0.29) is 31.5 Å². The van der Waals surface area contributed by atoms with Crippen LogP contribution in [0.2, 0.25) is 0 Å². The lowest BCUT2D eigenvalue weighted by atomic mass is 10.1. The van der Waals surface area contributed by atoms with E-state index in [2.05, 4.69) is 5.32 Å². The first-order valence-electron chi connectivity index (χ1n) is 10.7. The molecule has 34 heavy (non-hydrogen) atoms. The number of aliphatic hydroxyl groups is 1. The number of nitrogens with zero attached hydrogens (tertiary/aromatic N) is 2. The van der Waals surface area contributed by atoms with Crippen molar-refractivity contribution in [2.24, 2.45) is 5.73 Å². The predicted molar refractivity (Wildman–Crippen MR) is 124 cm³/mol. The highest BCUT2D eigenvalue weighted by molar-refractivity contribution is 6.04. The number of benzene rings is 2. The van der Waals surface area contributed by atoms with Crippen LogP contribution in [0.3, 0.4) is 0 Å². The fourth-order valence-electron chi connectivity index (χ4n) is 3.80. The number of morpholine rings is 2. The van der Waals surface area contributed by atoms with Gasteiger partial charge >= 0.3 is 0 Å². The van der Waals surface area contributed by atoms with E-state index in [0.29, 0.717) is 35.8 Å². The maximum Gasteiger partial charge on any atom is 0.259 e. The molecule has 11 nitrogen and oxygen atoms in total. The van der Waals surface area contributed by atoms with Crippen LogP contribution in [0.25, 0.3) is 0 Å². The van der Waals surface area contributed by atoms with Crippen LogP contribution in [-0.4, -0.2) is 73.8 Å². The summed E-state index contributed by atoms with van der Waals surface area (Å²) in [5.41, 5.74) is 7.44. The highest BCUT2D eigenvalue weighted by Gasteiger charge is 2.39. The van der Waals surface area contributed by atoms with E-state index >= 15 is 0 Å². The predicted octanol–water partition coefficient (Wildman–Crippen LogP) is 0.0653. The minimum Gasteiger partial charge on any atom is -0.384 e. The molecule has 2 atom stereocenters. The zero-order chi connectivity index (χ0) is 24.2. The molecule has 4 rings (SSSR count). The van der Waals surface area contributed by atoms with Crippen LogP contribution >= 0.6 is 0 Å². The molecule has 2 aromatic rings. The molecule has 0 bridgehead atoms. The molecule has 11 heteroatoms. The lowest BCUT2D eigenvalue weighted by Crippen LogP contribution is -2.55. The third-order valence-electron chi connectivity index (χ3n) is 5.58. The third-order valence-corrected chi connectivity index (χ3v) is 5.58. The van der Waals surface area contributed by atoms with E-state index in [1.165, 1.54) is 17.0 Å². The molecule has 0 aliphatic carbocycles. The zero-order valence-corrected chi connectivity index (χ0v) is 18.3. The number of hydrogen-bond acceptors (Lipinski definition) is 7. The Kier molecular flexibility index (Phi) is 6.87. The Hall–Kier alpha value is -3.80. The average molecular weight is 467 g/mol. The molecule has 2 aliphatic rings. The molecule has 2 aromatic carbocycles. The second kappa shape index (κ2) is 10.00. The van der Waals surface area contributed by atoms with Gasteiger partial charge in [0.05, 0.1) is 13.2 Å². The first kappa shape index (κ1) is 23.4. The van der Waals surface area contributed by atoms with Crippen molar-refractivity contribution in [1.29, 1.82) is 5.41 Å². The van der Waals surface area contributed by atoms with Gasteiger partial charge in [0.2, 0.25) is 0 Å². The number of aliphatic hydroxyl groups excluding tert-OH is 1. The fraction of sp³-hybridized carbons (Fsp3) is 0.304. The summed E-state index contributed by atoms with van der Waals surface area (Å²) >= 11 is 0. The number of hydrogen-bond donors (Lipinski definition) is 4. The van der Waals surface area contributed by atoms with Gasteiger partial charge in [0, 0.05) is 35.7 Å². The van der Waals surface area contributed by atoms with Crippen molar-refractivity contribution in [2.45, 2.75) is 12.2 Å². The number of rotatable bonds is 6. The van der Waals surface area contributed by atoms with Crippen LogP contribution in [0.15, 0.2) is 48.5 Å².